The van der Waals surface area contributed by atoms with Gasteiger partial charge in [-0.25, -0.2) is 0 Å². The van der Waals surface area contributed by atoms with Gasteiger partial charge in [0.25, 0.3) is 0 Å². The molecular formula is C13H15NS. The standard InChI is InChI=1S/C13H15NS/c14-9-11-5-7-13(8-6-11)15-10-12-3-1-2-4-12/h5-8,12H,1-4,10H2. The van der Waals surface area contributed by atoms with E-state index in [1.54, 1.807) is 0 Å². The molecule has 1 aromatic carbocycles. The molecule has 0 saturated heterocycles. The molecule has 0 bridgehead atoms. The topological polar surface area (TPSA) is 23.8 Å². The molecule has 2 rings (SSSR count). The summed E-state index contributed by atoms with van der Waals surface area (Å²) in [5.41, 5.74) is 0.750. The van der Waals surface area contributed by atoms with Crippen molar-refractivity contribution in [1.29, 1.82) is 5.26 Å². The van der Waals surface area contributed by atoms with Crippen LogP contribution in [0.25, 0.3) is 0 Å². The molecule has 0 aliphatic heterocycles. The van der Waals surface area contributed by atoms with Gasteiger partial charge in [-0.3, -0.25) is 0 Å². The smallest absolute Gasteiger partial charge is 0.0991 e. The van der Waals surface area contributed by atoms with Crippen molar-refractivity contribution in [2.75, 3.05) is 5.75 Å². The van der Waals surface area contributed by atoms with Crippen molar-refractivity contribution < 1.29 is 0 Å². The first-order valence-corrected chi connectivity index (χ1v) is 6.50. The van der Waals surface area contributed by atoms with Crippen LogP contribution >= 0.6 is 11.8 Å². The third-order valence-electron chi connectivity index (χ3n) is 2.94. The molecule has 1 aromatic rings. The second kappa shape index (κ2) is 5.23. The van der Waals surface area contributed by atoms with E-state index in [0.717, 1.165) is 11.5 Å². The average Bonchev–Trinajstić information content (AvgIpc) is 2.80. The lowest BCUT2D eigenvalue weighted by atomic mass is 10.1. The number of hydrogen-bond acceptors (Lipinski definition) is 2. The van der Waals surface area contributed by atoms with E-state index in [1.807, 2.05) is 23.9 Å². The lowest BCUT2D eigenvalue weighted by Gasteiger charge is -2.07. The monoisotopic (exact) mass is 217 g/mol. The number of thioether (sulfide) groups is 1. The third kappa shape index (κ3) is 3.00. The zero-order chi connectivity index (χ0) is 10.5. The lowest BCUT2D eigenvalue weighted by Crippen LogP contribution is -1.95. The fourth-order valence-corrected chi connectivity index (χ4v) is 3.11. The van der Waals surface area contributed by atoms with Crippen molar-refractivity contribution in [1.82, 2.24) is 0 Å². The van der Waals surface area contributed by atoms with Gasteiger partial charge in [0.1, 0.15) is 0 Å². The fraction of sp³-hybridized carbons (Fsp3) is 0.462. The molecule has 2 heteroatoms. The van der Waals surface area contributed by atoms with Crippen molar-refractivity contribution >= 4 is 11.8 Å². The maximum atomic E-state index is 8.67. The van der Waals surface area contributed by atoms with Crippen molar-refractivity contribution in [3.05, 3.63) is 29.8 Å². The van der Waals surface area contributed by atoms with Crippen LogP contribution in [-0.4, -0.2) is 5.75 Å². The minimum atomic E-state index is 0.750. The van der Waals surface area contributed by atoms with E-state index in [4.69, 9.17) is 5.26 Å². The molecule has 0 radical (unpaired) electrons. The Morgan fingerprint density at radius 1 is 1.20 bits per heavy atom. The Morgan fingerprint density at radius 3 is 2.47 bits per heavy atom. The van der Waals surface area contributed by atoms with Crippen molar-refractivity contribution in [3.63, 3.8) is 0 Å². The SMILES string of the molecule is N#Cc1ccc(SCC2CCCC2)cc1. The first kappa shape index (κ1) is 10.6. The average molecular weight is 217 g/mol. The van der Waals surface area contributed by atoms with Gasteiger partial charge in [-0.05, 0) is 43.0 Å². The van der Waals surface area contributed by atoms with Gasteiger partial charge in [-0.2, -0.15) is 5.26 Å². The molecule has 0 amide bonds. The third-order valence-corrected chi connectivity index (χ3v) is 4.19. The van der Waals surface area contributed by atoms with Crippen LogP contribution in [0.1, 0.15) is 31.2 Å². The van der Waals surface area contributed by atoms with Crippen LogP contribution < -0.4 is 0 Å². The van der Waals surface area contributed by atoms with Gasteiger partial charge in [-0.15, -0.1) is 11.8 Å². The largest absolute Gasteiger partial charge is 0.192 e. The molecule has 0 N–H and O–H groups in total. The van der Waals surface area contributed by atoms with E-state index in [-0.39, 0.29) is 0 Å². The van der Waals surface area contributed by atoms with Gasteiger partial charge in [0.15, 0.2) is 0 Å². The van der Waals surface area contributed by atoms with Crippen LogP contribution in [0, 0.1) is 17.2 Å². The Bertz CT molecular complexity index is 344. The van der Waals surface area contributed by atoms with Crippen LogP contribution in [0.3, 0.4) is 0 Å². The molecule has 1 aliphatic carbocycles. The molecule has 1 saturated carbocycles. The van der Waals surface area contributed by atoms with E-state index in [0.29, 0.717) is 0 Å². The second-order valence-corrected chi connectivity index (χ2v) is 5.19. The summed E-state index contributed by atoms with van der Waals surface area (Å²) < 4.78 is 0. The summed E-state index contributed by atoms with van der Waals surface area (Å²) in [4.78, 5) is 1.29. The molecule has 0 aromatic heterocycles. The zero-order valence-corrected chi connectivity index (χ0v) is 9.59. The highest BCUT2D eigenvalue weighted by molar-refractivity contribution is 7.99. The number of hydrogen-bond donors (Lipinski definition) is 0. The highest BCUT2D eigenvalue weighted by atomic mass is 32.2. The second-order valence-electron chi connectivity index (χ2n) is 4.10. The van der Waals surface area contributed by atoms with E-state index >= 15 is 0 Å². The van der Waals surface area contributed by atoms with Gasteiger partial charge in [0.2, 0.25) is 0 Å². The quantitative estimate of drug-likeness (QED) is 0.718. The van der Waals surface area contributed by atoms with Gasteiger partial charge in [-0.1, -0.05) is 12.8 Å². The van der Waals surface area contributed by atoms with Gasteiger partial charge >= 0.3 is 0 Å². The van der Waals surface area contributed by atoms with Crippen LogP contribution in [0.4, 0.5) is 0 Å². The minimum Gasteiger partial charge on any atom is -0.192 e. The Hall–Kier alpha value is -0.940. The molecule has 0 atom stereocenters. The summed E-state index contributed by atoms with van der Waals surface area (Å²) in [6.07, 6.45) is 5.64. The molecule has 0 heterocycles. The predicted molar refractivity (Wildman–Crippen MR) is 63.8 cm³/mol. The Labute approximate surface area is 95.5 Å². The fourth-order valence-electron chi connectivity index (χ4n) is 2.02. The number of nitrogens with zero attached hydrogens (tertiary/aromatic N) is 1. The molecule has 78 valence electrons. The molecule has 15 heavy (non-hydrogen) atoms. The number of nitriles is 1. The summed E-state index contributed by atoms with van der Waals surface area (Å²) in [7, 11) is 0. The molecule has 0 spiro atoms. The Balaban J connectivity index is 1.85. The van der Waals surface area contributed by atoms with E-state index in [2.05, 4.69) is 18.2 Å². The molecule has 0 unspecified atom stereocenters. The number of benzene rings is 1. The Kier molecular flexibility index (Phi) is 3.69. The summed E-state index contributed by atoms with van der Waals surface area (Å²) in [6, 6.07) is 10.0. The zero-order valence-electron chi connectivity index (χ0n) is 8.78. The summed E-state index contributed by atoms with van der Waals surface area (Å²) in [5, 5.41) is 8.67. The van der Waals surface area contributed by atoms with Gasteiger partial charge in [0, 0.05) is 10.6 Å². The van der Waals surface area contributed by atoms with Crippen LogP contribution in [0.2, 0.25) is 0 Å². The van der Waals surface area contributed by atoms with Crippen LogP contribution in [-0.2, 0) is 0 Å². The molecule has 1 aliphatic rings. The first-order chi connectivity index (χ1) is 7.38. The van der Waals surface area contributed by atoms with E-state index in [9.17, 15) is 0 Å². The van der Waals surface area contributed by atoms with Gasteiger partial charge < -0.3 is 0 Å². The molecule has 1 fully saturated rings. The maximum absolute atomic E-state index is 8.67. The summed E-state index contributed by atoms with van der Waals surface area (Å²) in [6.45, 7) is 0. The summed E-state index contributed by atoms with van der Waals surface area (Å²) in [5.74, 6) is 2.16. The van der Waals surface area contributed by atoms with Crippen molar-refractivity contribution in [2.45, 2.75) is 30.6 Å². The van der Waals surface area contributed by atoms with Crippen LogP contribution in [0.5, 0.6) is 0 Å². The molecule has 1 nitrogen and oxygen atoms in total. The maximum Gasteiger partial charge on any atom is 0.0991 e. The van der Waals surface area contributed by atoms with Crippen molar-refractivity contribution in [2.24, 2.45) is 5.92 Å². The number of rotatable bonds is 3. The minimum absolute atomic E-state index is 0.750. The van der Waals surface area contributed by atoms with Crippen LogP contribution in [0.15, 0.2) is 29.2 Å². The first-order valence-electron chi connectivity index (χ1n) is 5.51. The highest BCUT2D eigenvalue weighted by Gasteiger charge is 2.14. The Morgan fingerprint density at radius 2 is 1.87 bits per heavy atom. The van der Waals surface area contributed by atoms with Crippen molar-refractivity contribution in [3.8, 4) is 6.07 Å². The van der Waals surface area contributed by atoms with E-state index < -0.39 is 0 Å². The predicted octanol–water partition coefficient (Wildman–Crippen LogP) is 3.84. The normalized spacial score (nSPS) is 16.5. The lowest BCUT2D eigenvalue weighted by molar-refractivity contribution is 0.623. The highest BCUT2D eigenvalue weighted by Crippen LogP contribution is 2.30. The summed E-state index contributed by atoms with van der Waals surface area (Å²) >= 11 is 1.93. The van der Waals surface area contributed by atoms with E-state index in [1.165, 1.54) is 36.3 Å². The van der Waals surface area contributed by atoms with Gasteiger partial charge in [0.05, 0.1) is 11.6 Å². The molecular weight excluding hydrogens is 202 g/mol.